The molecule has 1 aliphatic heterocycles. The number of amides is 2. The number of urea groups is 1. The van der Waals surface area contributed by atoms with Crippen LogP contribution >= 0.6 is 23.7 Å². The number of carbonyl (C=O) groups excluding carboxylic acids is 1. The molecular formula is C10H14N4OS2. The molecule has 0 bridgehead atoms. The molecule has 0 aliphatic carbocycles. The van der Waals surface area contributed by atoms with E-state index in [4.69, 9.17) is 10.5 Å². The standard InChI is InChI=1S/C9H10N2S2.CH4N2O/c10-9-11(6-7-12-9)13-8-4-2-1-3-5-8;2-1(3)4/h1-7,9H,10H2;(H4,2,3,4). The predicted molar refractivity (Wildman–Crippen MR) is 72.6 cm³/mol. The highest BCUT2D eigenvalue weighted by atomic mass is 32.2. The van der Waals surface area contributed by atoms with Crippen molar-refractivity contribution in [1.82, 2.24) is 4.31 Å². The van der Waals surface area contributed by atoms with E-state index in [1.165, 1.54) is 4.90 Å². The van der Waals surface area contributed by atoms with E-state index in [9.17, 15) is 0 Å². The van der Waals surface area contributed by atoms with Gasteiger partial charge in [0.25, 0.3) is 0 Å². The lowest BCUT2D eigenvalue weighted by Gasteiger charge is -2.18. The lowest BCUT2D eigenvalue weighted by atomic mass is 10.4. The molecule has 92 valence electrons. The summed E-state index contributed by atoms with van der Waals surface area (Å²) in [6.07, 6.45) is 2.01. The predicted octanol–water partition coefficient (Wildman–Crippen LogP) is 1.48. The molecule has 1 atom stereocenters. The van der Waals surface area contributed by atoms with Crippen molar-refractivity contribution in [3.05, 3.63) is 41.9 Å². The van der Waals surface area contributed by atoms with E-state index >= 15 is 0 Å². The minimum Gasteiger partial charge on any atom is -0.352 e. The van der Waals surface area contributed by atoms with Crippen molar-refractivity contribution in [3.63, 3.8) is 0 Å². The largest absolute Gasteiger partial charge is 0.352 e. The number of hydrogen-bond donors (Lipinski definition) is 3. The lowest BCUT2D eigenvalue weighted by molar-refractivity contribution is 0.256. The molecule has 0 saturated carbocycles. The molecule has 1 aromatic carbocycles. The molecule has 2 amide bonds. The van der Waals surface area contributed by atoms with E-state index in [1.807, 2.05) is 34.1 Å². The van der Waals surface area contributed by atoms with Crippen LogP contribution in [-0.2, 0) is 0 Å². The second-order valence-electron chi connectivity index (χ2n) is 2.98. The molecule has 2 rings (SSSR count). The number of thioether (sulfide) groups is 1. The SMILES string of the molecule is NC(N)=O.NC1SC=CN1Sc1ccccc1. The average molecular weight is 270 g/mol. The number of carbonyl (C=O) groups is 1. The van der Waals surface area contributed by atoms with Crippen LogP contribution in [0.3, 0.4) is 0 Å². The zero-order valence-corrected chi connectivity index (χ0v) is 10.7. The van der Waals surface area contributed by atoms with Crippen LogP contribution < -0.4 is 17.2 Å². The van der Waals surface area contributed by atoms with Gasteiger partial charge in [0.15, 0.2) is 0 Å². The molecule has 1 aliphatic rings. The van der Waals surface area contributed by atoms with Gasteiger partial charge in [-0.05, 0) is 29.5 Å². The number of benzene rings is 1. The second kappa shape index (κ2) is 7.10. The summed E-state index contributed by atoms with van der Waals surface area (Å²) >= 11 is 3.29. The van der Waals surface area contributed by atoms with Gasteiger partial charge in [0.2, 0.25) is 0 Å². The maximum atomic E-state index is 9.00. The van der Waals surface area contributed by atoms with Crippen LogP contribution in [0.2, 0.25) is 0 Å². The van der Waals surface area contributed by atoms with Crippen molar-refractivity contribution < 1.29 is 4.79 Å². The Labute approximate surface area is 109 Å². The molecule has 5 nitrogen and oxygen atoms in total. The number of nitrogens with two attached hydrogens (primary N) is 3. The highest BCUT2D eigenvalue weighted by molar-refractivity contribution is 8.04. The molecule has 0 aromatic heterocycles. The Balaban J connectivity index is 0.000000317. The van der Waals surface area contributed by atoms with E-state index in [-0.39, 0.29) is 5.50 Å². The zero-order valence-electron chi connectivity index (χ0n) is 9.02. The minimum atomic E-state index is -0.833. The van der Waals surface area contributed by atoms with E-state index < -0.39 is 6.03 Å². The summed E-state index contributed by atoms with van der Waals surface area (Å²) in [7, 11) is 0. The summed E-state index contributed by atoms with van der Waals surface area (Å²) in [4.78, 5) is 10.2. The van der Waals surface area contributed by atoms with Gasteiger partial charge in [-0.15, -0.1) is 0 Å². The summed E-state index contributed by atoms with van der Waals surface area (Å²) in [5.41, 5.74) is 14.4. The second-order valence-corrected chi connectivity index (χ2v) is 5.08. The molecule has 6 N–H and O–H groups in total. The van der Waals surface area contributed by atoms with Crippen molar-refractivity contribution in [2.75, 3.05) is 0 Å². The van der Waals surface area contributed by atoms with Gasteiger partial charge in [-0.25, -0.2) is 4.79 Å². The lowest BCUT2D eigenvalue weighted by Crippen LogP contribution is -2.26. The highest BCUT2D eigenvalue weighted by Crippen LogP contribution is 2.32. The van der Waals surface area contributed by atoms with E-state index in [0.29, 0.717) is 0 Å². The van der Waals surface area contributed by atoms with Crippen molar-refractivity contribution in [1.29, 1.82) is 0 Å². The fourth-order valence-electron chi connectivity index (χ4n) is 1.01. The smallest absolute Gasteiger partial charge is 0.309 e. The summed E-state index contributed by atoms with van der Waals surface area (Å²) in [5.74, 6) is 0. The quantitative estimate of drug-likeness (QED) is 0.707. The monoisotopic (exact) mass is 270 g/mol. The van der Waals surface area contributed by atoms with Crippen LogP contribution in [0.15, 0.2) is 46.8 Å². The summed E-state index contributed by atoms with van der Waals surface area (Å²) in [6, 6.07) is 9.39. The third-order valence-corrected chi connectivity index (χ3v) is 3.59. The van der Waals surface area contributed by atoms with Crippen molar-refractivity contribution in [3.8, 4) is 0 Å². The molecule has 17 heavy (non-hydrogen) atoms. The van der Waals surface area contributed by atoms with E-state index in [1.54, 1.807) is 23.7 Å². The summed E-state index contributed by atoms with van der Waals surface area (Å²) in [5, 5.41) is 2.01. The normalized spacial score (nSPS) is 17.5. The zero-order chi connectivity index (χ0) is 12.7. The van der Waals surface area contributed by atoms with Gasteiger partial charge in [-0.3, -0.25) is 4.31 Å². The third-order valence-electron chi connectivity index (χ3n) is 1.63. The van der Waals surface area contributed by atoms with Crippen LogP contribution in [0.25, 0.3) is 0 Å². The Morgan fingerprint density at radius 3 is 2.35 bits per heavy atom. The van der Waals surface area contributed by atoms with E-state index in [0.717, 1.165) is 0 Å². The molecule has 1 unspecified atom stereocenters. The third kappa shape index (κ3) is 5.53. The van der Waals surface area contributed by atoms with Crippen LogP contribution in [0.5, 0.6) is 0 Å². The molecular weight excluding hydrogens is 256 g/mol. The number of rotatable bonds is 2. The van der Waals surface area contributed by atoms with E-state index in [2.05, 4.69) is 23.6 Å². The highest BCUT2D eigenvalue weighted by Gasteiger charge is 2.15. The molecule has 0 spiro atoms. The number of hydrogen-bond acceptors (Lipinski definition) is 5. The molecule has 0 fully saturated rings. The molecule has 7 heteroatoms. The number of primary amides is 2. The van der Waals surface area contributed by atoms with Crippen molar-refractivity contribution in [2.24, 2.45) is 17.2 Å². The Bertz CT molecular complexity index is 381. The first-order valence-corrected chi connectivity index (χ1v) is 6.45. The van der Waals surface area contributed by atoms with Crippen molar-refractivity contribution >= 4 is 29.7 Å². The minimum absolute atomic E-state index is 0.0465. The molecule has 0 radical (unpaired) electrons. The average Bonchev–Trinajstić information content (AvgIpc) is 2.65. The molecule has 1 aromatic rings. The topological polar surface area (TPSA) is 98.4 Å². The first-order valence-electron chi connectivity index (χ1n) is 4.73. The van der Waals surface area contributed by atoms with Gasteiger partial charge in [-0.2, -0.15) is 0 Å². The Morgan fingerprint density at radius 1 is 1.29 bits per heavy atom. The maximum Gasteiger partial charge on any atom is 0.309 e. The first-order chi connectivity index (χ1) is 8.09. The Morgan fingerprint density at radius 2 is 1.88 bits per heavy atom. The Kier molecular flexibility index (Phi) is 5.75. The van der Waals surface area contributed by atoms with Gasteiger partial charge in [-0.1, -0.05) is 30.0 Å². The molecule has 0 saturated heterocycles. The fraction of sp³-hybridized carbons (Fsp3) is 0.100. The van der Waals surface area contributed by atoms with Crippen LogP contribution in [0, 0.1) is 0 Å². The first kappa shape index (κ1) is 13.8. The van der Waals surface area contributed by atoms with Gasteiger partial charge in [0.1, 0.15) is 5.50 Å². The van der Waals surface area contributed by atoms with Gasteiger partial charge >= 0.3 is 6.03 Å². The molecule has 1 heterocycles. The number of nitrogens with zero attached hydrogens (tertiary/aromatic N) is 1. The maximum absolute atomic E-state index is 9.00. The van der Waals surface area contributed by atoms with Crippen LogP contribution in [-0.4, -0.2) is 15.8 Å². The Hall–Kier alpha value is -1.31. The summed E-state index contributed by atoms with van der Waals surface area (Å²) in [6.45, 7) is 0. The van der Waals surface area contributed by atoms with Gasteiger partial charge < -0.3 is 17.2 Å². The van der Waals surface area contributed by atoms with Crippen molar-refractivity contribution in [2.45, 2.75) is 10.4 Å². The fourth-order valence-corrected chi connectivity index (χ4v) is 2.66. The van der Waals surface area contributed by atoms with Gasteiger partial charge in [0, 0.05) is 11.1 Å². The summed E-state index contributed by atoms with van der Waals surface area (Å²) < 4.78 is 2.04. The van der Waals surface area contributed by atoms with Crippen LogP contribution in [0.4, 0.5) is 4.79 Å². The van der Waals surface area contributed by atoms with Gasteiger partial charge in [0.05, 0.1) is 0 Å². The van der Waals surface area contributed by atoms with Crippen LogP contribution in [0.1, 0.15) is 0 Å².